The first-order valence-electron chi connectivity index (χ1n) is 6.74. The Kier molecular flexibility index (Phi) is 15.5. The number of benzene rings is 1. The maximum absolute atomic E-state index is 9.13. The van der Waals surface area contributed by atoms with Crippen molar-refractivity contribution in [2.75, 3.05) is 26.2 Å². The third-order valence-electron chi connectivity index (χ3n) is 2.61. The van der Waals surface area contributed by atoms with Crippen molar-refractivity contribution < 1.29 is 9.84 Å². The van der Waals surface area contributed by atoms with Gasteiger partial charge in [0.1, 0.15) is 5.75 Å². The first-order chi connectivity index (χ1) is 9.54. The molecule has 0 saturated carbocycles. The number of ether oxygens (including phenoxy) is 1. The van der Waals surface area contributed by atoms with Crippen LogP contribution in [-0.4, -0.2) is 37.5 Å². The maximum atomic E-state index is 9.13. The second kappa shape index (κ2) is 13.8. The van der Waals surface area contributed by atoms with E-state index in [1.807, 2.05) is 13.0 Å². The van der Waals surface area contributed by atoms with Crippen molar-refractivity contribution in [2.24, 2.45) is 0 Å². The molecule has 1 rings (SSSR count). The summed E-state index contributed by atoms with van der Waals surface area (Å²) in [6.45, 7) is 7.41. The average Bonchev–Trinajstić information content (AvgIpc) is 2.37. The molecule has 1 atom stereocenters. The van der Waals surface area contributed by atoms with E-state index in [0.29, 0.717) is 13.2 Å². The lowest BCUT2D eigenvalue weighted by molar-refractivity contribution is 0.191. The standard InChI is InChI=1S/C14H22Br2N2O2.2ClH/c1-3-20-14-11(6-12(15)7-13(14)16)9-18-5-4-17-8-10(2)19;;/h6-7,10,17-19H,3-5,8-9H2,1-2H3;2*1H. The van der Waals surface area contributed by atoms with E-state index in [1.165, 1.54) is 0 Å². The zero-order valence-corrected chi connectivity index (χ0v) is 17.5. The summed E-state index contributed by atoms with van der Waals surface area (Å²) >= 11 is 7.02. The molecule has 4 nitrogen and oxygen atoms in total. The molecular weight excluding hydrogens is 459 g/mol. The first kappa shape index (κ1) is 24.7. The summed E-state index contributed by atoms with van der Waals surface area (Å²) in [6.07, 6.45) is -0.305. The number of hydrogen-bond acceptors (Lipinski definition) is 4. The molecule has 1 unspecified atom stereocenters. The Morgan fingerprint density at radius 2 is 1.82 bits per heavy atom. The van der Waals surface area contributed by atoms with Crippen LogP contribution in [0.2, 0.25) is 0 Å². The van der Waals surface area contributed by atoms with Gasteiger partial charge in [-0.1, -0.05) is 15.9 Å². The van der Waals surface area contributed by atoms with Crippen LogP contribution in [0.15, 0.2) is 21.1 Å². The van der Waals surface area contributed by atoms with E-state index >= 15 is 0 Å². The molecular formula is C14H24Br2Cl2N2O2. The lowest BCUT2D eigenvalue weighted by Crippen LogP contribution is -2.31. The highest BCUT2D eigenvalue weighted by atomic mass is 79.9. The van der Waals surface area contributed by atoms with E-state index < -0.39 is 0 Å². The quantitative estimate of drug-likeness (QED) is 0.471. The zero-order valence-electron chi connectivity index (χ0n) is 12.7. The molecule has 1 aromatic carbocycles. The van der Waals surface area contributed by atoms with Crippen LogP contribution in [0.5, 0.6) is 5.75 Å². The van der Waals surface area contributed by atoms with Crippen LogP contribution >= 0.6 is 56.7 Å². The fourth-order valence-corrected chi connectivity index (χ4v) is 3.19. The highest BCUT2D eigenvalue weighted by Gasteiger charge is 2.09. The van der Waals surface area contributed by atoms with Crippen LogP contribution < -0.4 is 15.4 Å². The van der Waals surface area contributed by atoms with Crippen LogP contribution in [-0.2, 0) is 6.54 Å². The Balaban J connectivity index is 0. The van der Waals surface area contributed by atoms with Gasteiger partial charge in [-0.15, -0.1) is 24.8 Å². The molecule has 0 heterocycles. The van der Waals surface area contributed by atoms with Crippen molar-refractivity contribution in [3.8, 4) is 5.75 Å². The predicted octanol–water partition coefficient (Wildman–Crippen LogP) is 3.51. The molecule has 3 N–H and O–H groups in total. The Hall–Kier alpha value is 0.440. The topological polar surface area (TPSA) is 53.5 Å². The van der Waals surface area contributed by atoms with Gasteiger partial charge in [-0.25, -0.2) is 0 Å². The molecule has 0 aliphatic carbocycles. The van der Waals surface area contributed by atoms with E-state index in [-0.39, 0.29) is 30.9 Å². The van der Waals surface area contributed by atoms with Crippen molar-refractivity contribution in [2.45, 2.75) is 26.5 Å². The molecule has 0 fully saturated rings. The third kappa shape index (κ3) is 9.55. The van der Waals surface area contributed by atoms with Crippen molar-refractivity contribution in [1.82, 2.24) is 10.6 Å². The summed E-state index contributed by atoms with van der Waals surface area (Å²) < 4.78 is 7.66. The van der Waals surface area contributed by atoms with Gasteiger partial charge in [-0.05, 0) is 41.9 Å². The lowest BCUT2D eigenvalue weighted by Gasteiger charge is -2.14. The fraction of sp³-hybridized carbons (Fsp3) is 0.571. The number of aliphatic hydroxyl groups is 1. The smallest absolute Gasteiger partial charge is 0.138 e. The van der Waals surface area contributed by atoms with Crippen molar-refractivity contribution in [3.05, 3.63) is 26.6 Å². The highest BCUT2D eigenvalue weighted by Crippen LogP contribution is 2.32. The molecule has 0 radical (unpaired) electrons. The van der Waals surface area contributed by atoms with Gasteiger partial charge in [0.25, 0.3) is 0 Å². The molecule has 1 aromatic rings. The van der Waals surface area contributed by atoms with Crippen molar-refractivity contribution >= 4 is 56.7 Å². The Labute approximate surface area is 161 Å². The molecule has 0 aromatic heterocycles. The summed E-state index contributed by atoms with van der Waals surface area (Å²) in [5, 5.41) is 15.7. The maximum Gasteiger partial charge on any atom is 0.138 e. The molecule has 22 heavy (non-hydrogen) atoms. The third-order valence-corrected chi connectivity index (χ3v) is 3.65. The number of nitrogens with one attached hydrogen (secondary N) is 2. The average molecular weight is 483 g/mol. The van der Waals surface area contributed by atoms with Gasteiger partial charge in [0.15, 0.2) is 0 Å². The summed E-state index contributed by atoms with van der Waals surface area (Å²) in [5.41, 5.74) is 1.11. The van der Waals surface area contributed by atoms with Gasteiger partial charge in [-0.2, -0.15) is 0 Å². The number of rotatable bonds is 9. The fourth-order valence-electron chi connectivity index (χ4n) is 1.76. The van der Waals surface area contributed by atoms with E-state index in [0.717, 1.165) is 39.9 Å². The Bertz CT molecular complexity index is 424. The highest BCUT2D eigenvalue weighted by molar-refractivity contribution is 9.11. The van der Waals surface area contributed by atoms with Gasteiger partial charge in [0.2, 0.25) is 0 Å². The van der Waals surface area contributed by atoms with Gasteiger partial charge in [0.05, 0.1) is 17.2 Å². The Morgan fingerprint density at radius 1 is 1.18 bits per heavy atom. The molecule has 0 bridgehead atoms. The summed E-state index contributed by atoms with van der Waals surface area (Å²) in [7, 11) is 0. The molecule has 8 heteroatoms. The van der Waals surface area contributed by atoms with Crippen molar-refractivity contribution in [1.29, 1.82) is 0 Å². The van der Waals surface area contributed by atoms with Crippen LogP contribution in [0, 0.1) is 0 Å². The number of hydrogen-bond donors (Lipinski definition) is 3. The minimum atomic E-state index is -0.305. The second-order valence-electron chi connectivity index (χ2n) is 4.54. The zero-order chi connectivity index (χ0) is 15.0. The Morgan fingerprint density at radius 3 is 2.41 bits per heavy atom. The normalized spacial score (nSPS) is 11.3. The predicted molar refractivity (Wildman–Crippen MR) is 104 cm³/mol. The van der Waals surface area contributed by atoms with E-state index in [4.69, 9.17) is 9.84 Å². The van der Waals surface area contributed by atoms with E-state index in [1.54, 1.807) is 6.92 Å². The van der Waals surface area contributed by atoms with Crippen LogP contribution in [0.25, 0.3) is 0 Å². The van der Waals surface area contributed by atoms with E-state index in [2.05, 4.69) is 48.6 Å². The minimum absolute atomic E-state index is 0. The molecule has 0 aliphatic heterocycles. The van der Waals surface area contributed by atoms with Crippen LogP contribution in [0.1, 0.15) is 19.4 Å². The molecule has 0 saturated heterocycles. The number of aliphatic hydroxyl groups excluding tert-OH is 1. The van der Waals surface area contributed by atoms with Crippen molar-refractivity contribution in [3.63, 3.8) is 0 Å². The summed E-state index contributed by atoms with van der Waals surface area (Å²) in [5.74, 6) is 0.889. The largest absolute Gasteiger partial charge is 0.492 e. The molecule has 0 amide bonds. The van der Waals surface area contributed by atoms with Gasteiger partial charge in [0, 0.05) is 36.2 Å². The monoisotopic (exact) mass is 480 g/mol. The molecule has 0 spiro atoms. The SMILES string of the molecule is CCOc1c(Br)cc(Br)cc1CNCCNCC(C)O.Cl.Cl. The van der Waals surface area contributed by atoms with Gasteiger partial charge in [-0.3, -0.25) is 0 Å². The lowest BCUT2D eigenvalue weighted by atomic mass is 10.2. The minimum Gasteiger partial charge on any atom is -0.492 e. The second-order valence-corrected chi connectivity index (χ2v) is 6.31. The van der Waals surface area contributed by atoms with Gasteiger partial charge < -0.3 is 20.5 Å². The summed E-state index contributed by atoms with van der Waals surface area (Å²) in [6, 6.07) is 4.05. The van der Waals surface area contributed by atoms with E-state index in [9.17, 15) is 0 Å². The first-order valence-corrected chi connectivity index (χ1v) is 8.33. The molecule has 130 valence electrons. The van der Waals surface area contributed by atoms with Gasteiger partial charge >= 0.3 is 0 Å². The molecule has 0 aliphatic rings. The van der Waals surface area contributed by atoms with Crippen LogP contribution in [0.3, 0.4) is 0 Å². The number of halogens is 4. The van der Waals surface area contributed by atoms with Crippen LogP contribution in [0.4, 0.5) is 0 Å². The summed E-state index contributed by atoms with van der Waals surface area (Å²) in [4.78, 5) is 0.